The summed E-state index contributed by atoms with van der Waals surface area (Å²) in [6.45, 7) is 4.12. The first-order valence-electron chi connectivity index (χ1n) is 10.0. The summed E-state index contributed by atoms with van der Waals surface area (Å²) in [7, 11) is 0. The molecule has 1 aliphatic rings. The molecule has 1 aliphatic heterocycles. The molecule has 0 radical (unpaired) electrons. The molecule has 2 aromatic rings. The SMILES string of the molecule is Cc1cc(NC(=O)C(=O)N2C[C@H](C)CC[C@H]2c2ccc(CC(F)(F)F)cc2)cnc1N. The molecule has 0 aliphatic carbocycles. The van der Waals surface area contributed by atoms with Gasteiger partial charge in [0.15, 0.2) is 0 Å². The third kappa shape index (κ3) is 5.74. The highest BCUT2D eigenvalue weighted by molar-refractivity contribution is 6.39. The van der Waals surface area contributed by atoms with Crippen molar-refractivity contribution in [2.45, 2.75) is 45.3 Å². The molecule has 2 atom stereocenters. The Bertz CT molecular complexity index is 960. The van der Waals surface area contributed by atoms with Gasteiger partial charge in [-0.15, -0.1) is 0 Å². The van der Waals surface area contributed by atoms with Crippen LogP contribution in [0, 0.1) is 12.8 Å². The number of benzene rings is 1. The van der Waals surface area contributed by atoms with E-state index in [0.717, 1.165) is 6.42 Å². The molecule has 31 heavy (non-hydrogen) atoms. The molecule has 3 rings (SSSR count). The van der Waals surface area contributed by atoms with Gasteiger partial charge in [0, 0.05) is 6.54 Å². The van der Waals surface area contributed by atoms with Crippen molar-refractivity contribution < 1.29 is 22.8 Å². The molecule has 0 spiro atoms. The van der Waals surface area contributed by atoms with Crippen LogP contribution in [0.2, 0.25) is 0 Å². The number of hydrogen-bond donors (Lipinski definition) is 2. The first-order valence-corrected chi connectivity index (χ1v) is 10.0. The van der Waals surface area contributed by atoms with Gasteiger partial charge in [0.2, 0.25) is 0 Å². The second-order valence-corrected chi connectivity index (χ2v) is 8.07. The van der Waals surface area contributed by atoms with Crippen molar-refractivity contribution >= 4 is 23.3 Å². The number of anilines is 2. The van der Waals surface area contributed by atoms with Gasteiger partial charge in [0.05, 0.1) is 24.3 Å². The van der Waals surface area contributed by atoms with Gasteiger partial charge in [-0.3, -0.25) is 9.59 Å². The number of rotatable bonds is 3. The summed E-state index contributed by atoms with van der Waals surface area (Å²) in [6.07, 6.45) is -2.43. The Morgan fingerprint density at radius 1 is 1.23 bits per heavy atom. The highest BCUT2D eigenvalue weighted by atomic mass is 19.4. The molecule has 9 heteroatoms. The number of piperidine rings is 1. The number of hydrogen-bond acceptors (Lipinski definition) is 4. The summed E-state index contributed by atoms with van der Waals surface area (Å²) in [6, 6.07) is 7.31. The van der Waals surface area contributed by atoms with E-state index < -0.39 is 24.4 Å². The van der Waals surface area contributed by atoms with Crippen LogP contribution in [0.3, 0.4) is 0 Å². The number of alkyl halides is 3. The van der Waals surface area contributed by atoms with E-state index in [2.05, 4.69) is 10.3 Å². The van der Waals surface area contributed by atoms with Crippen molar-refractivity contribution in [3.05, 3.63) is 53.2 Å². The van der Waals surface area contributed by atoms with Crippen LogP contribution in [0.5, 0.6) is 0 Å². The normalized spacial score (nSPS) is 19.2. The van der Waals surface area contributed by atoms with Crippen LogP contribution in [-0.4, -0.2) is 34.4 Å². The van der Waals surface area contributed by atoms with Crippen LogP contribution in [0.1, 0.15) is 42.5 Å². The van der Waals surface area contributed by atoms with Crippen molar-refractivity contribution in [3.8, 4) is 0 Å². The van der Waals surface area contributed by atoms with Crippen molar-refractivity contribution in [1.82, 2.24) is 9.88 Å². The van der Waals surface area contributed by atoms with E-state index in [1.165, 1.54) is 23.2 Å². The van der Waals surface area contributed by atoms with Gasteiger partial charge in [-0.1, -0.05) is 31.2 Å². The number of carbonyl (C=O) groups excluding carboxylic acids is 2. The number of nitrogens with two attached hydrogens (primary N) is 1. The Labute approximate surface area is 178 Å². The van der Waals surface area contributed by atoms with Crippen LogP contribution >= 0.6 is 0 Å². The average molecular weight is 434 g/mol. The number of nitrogens with one attached hydrogen (secondary N) is 1. The average Bonchev–Trinajstić information content (AvgIpc) is 2.69. The molecule has 2 amide bonds. The fraction of sp³-hybridized carbons (Fsp3) is 0.409. The van der Waals surface area contributed by atoms with Gasteiger partial charge in [0.1, 0.15) is 5.82 Å². The quantitative estimate of drug-likeness (QED) is 0.715. The largest absolute Gasteiger partial charge is 0.393 e. The van der Waals surface area contributed by atoms with Crippen molar-refractivity contribution in [1.29, 1.82) is 0 Å². The molecule has 0 bridgehead atoms. The zero-order valence-electron chi connectivity index (χ0n) is 17.4. The van der Waals surface area contributed by atoms with E-state index in [4.69, 9.17) is 5.73 Å². The second-order valence-electron chi connectivity index (χ2n) is 8.07. The predicted octanol–water partition coefficient (Wildman–Crippen LogP) is 4.02. The Balaban J connectivity index is 1.77. The molecular weight excluding hydrogens is 409 g/mol. The smallest absolute Gasteiger partial charge is 0.383 e. The van der Waals surface area contributed by atoms with E-state index in [1.807, 2.05) is 6.92 Å². The van der Waals surface area contributed by atoms with Crippen LogP contribution in [0.25, 0.3) is 0 Å². The Hall–Kier alpha value is -3.10. The summed E-state index contributed by atoms with van der Waals surface area (Å²) < 4.78 is 37.8. The van der Waals surface area contributed by atoms with Gasteiger partial charge in [-0.05, 0) is 48.4 Å². The molecule has 1 fully saturated rings. The number of pyridine rings is 1. The maximum atomic E-state index is 13.0. The monoisotopic (exact) mass is 434 g/mol. The molecule has 0 saturated carbocycles. The molecule has 1 aromatic carbocycles. The third-order valence-corrected chi connectivity index (χ3v) is 5.42. The van der Waals surface area contributed by atoms with Crippen LogP contribution < -0.4 is 11.1 Å². The lowest BCUT2D eigenvalue weighted by Crippen LogP contribution is -2.46. The number of halogens is 3. The number of carbonyl (C=O) groups is 2. The Morgan fingerprint density at radius 3 is 2.52 bits per heavy atom. The maximum Gasteiger partial charge on any atom is 0.393 e. The van der Waals surface area contributed by atoms with Crippen molar-refractivity contribution in [2.24, 2.45) is 5.92 Å². The highest BCUT2D eigenvalue weighted by Crippen LogP contribution is 2.34. The number of aryl methyl sites for hydroxylation is 1. The van der Waals surface area contributed by atoms with Crippen LogP contribution in [0.15, 0.2) is 36.5 Å². The Morgan fingerprint density at radius 2 is 1.90 bits per heavy atom. The number of aromatic nitrogens is 1. The molecule has 166 valence electrons. The lowest BCUT2D eigenvalue weighted by Gasteiger charge is -2.38. The molecule has 0 unspecified atom stereocenters. The maximum absolute atomic E-state index is 13.0. The molecule has 6 nitrogen and oxygen atoms in total. The fourth-order valence-corrected chi connectivity index (χ4v) is 3.78. The topological polar surface area (TPSA) is 88.3 Å². The van der Waals surface area contributed by atoms with Gasteiger partial charge in [-0.25, -0.2) is 4.98 Å². The van der Waals surface area contributed by atoms with Crippen LogP contribution in [0.4, 0.5) is 24.7 Å². The standard InChI is InChI=1S/C22H25F3N4O2/c1-13-3-8-18(16-6-4-15(5-7-16)10-22(23,24)25)29(12-13)21(31)20(30)28-17-9-14(2)19(26)27-11-17/h4-7,9,11,13,18H,3,8,10,12H2,1-2H3,(H2,26,27)(H,28,30)/t13-,18+/m1/s1. The molecule has 3 N–H and O–H groups in total. The van der Waals surface area contributed by atoms with Crippen molar-refractivity contribution in [2.75, 3.05) is 17.6 Å². The van der Waals surface area contributed by atoms with E-state index >= 15 is 0 Å². The molecule has 1 aromatic heterocycles. The Kier molecular flexibility index (Phi) is 6.52. The van der Waals surface area contributed by atoms with Gasteiger partial charge in [-0.2, -0.15) is 13.2 Å². The summed E-state index contributed by atoms with van der Waals surface area (Å²) in [5.74, 6) is -0.940. The fourth-order valence-electron chi connectivity index (χ4n) is 3.78. The van der Waals surface area contributed by atoms with Gasteiger partial charge < -0.3 is 16.0 Å². The minimum atomic E-state index is -4.28. The summed E-state index contributed by atoms with van der Waals surface area (Å²) in [4.78, 5) is 31.0. The van der Waals surface area contributed by atoms with E-state index in [1.54, 1.807) is 25.1 Å². The number of likely N-dealkylation sites (tertiary alicyclic amines) is 1. The molecular formula is C22H25F3N4O2. The zero-order chi connectivity index (χ0) is 22.8. The number of nitrogen functional groups attached to an aromatic ring is 1. The lowest BCUT2D eigenvalue weighted by atomic mass is 9.89. The predicted molar refractivity (Wildman–Crippen MR) is 111 cm³/mol. The zero-order valence-corrected chi connectivity index (χ0v) is 17.4. The highest BCUT2D eigenvalue weighted by Gasteiger charge is 2.34. The first kappa shape index (κ1) is 22.6. The number of amides is 2. The van der Waals surface area contributed by atoms with Crippen molar-refractivity contribution in [3.63, 3.8) is 0 Å². The minimum absolute atomic E-state index is 0.155. The first-order chi connectivity index (χ1) is 14.5. The van der Waals surface area contributed by atoms with Gasteiger partial charge in [0.25, 0.3) is 0 Å². The third-order valence-electron chi connectivity index (χ3n) is 5.42. The van der Waals surface area contributed by atoms with Gasteiger partial charge >= 0.3 is 18.0 Å². The summed E-state index contributed by atoms with van der Waals surface area (Å²) >= 11 is 0. The van der Waals surface area contributed by atoms with E-state index in [9.17, 15) is 22.8 Å². The second kappa shape index (κ2) is 8.95. The molecule has 2 heterocycles. The van der Waals surface area contributed by atoms with Crippen LogP contribution in [-0.2, 0) is 16.0 Å². The van der Waals surface area contributed by atoms with E-state index in [0.29, 0.717) is 35.6 Å². The summed E-state index contributed by atoms with van der Waals surface area (Å²) in [5.41, 5.74) is 7.58. The van der Waals surface area contributed by atoms with E-state index in [-0.39, 0.29) is 17.5 Å². The molecule has 1 saturated heterocycles. The summed E-state index contributed by atoms with van der Waals surface area (Å²) in [5, 5.41) is 2.56. The lowest BCUT2D eigenvalue weighted by molar-refractivity contribution is -0.146. The number of nitrogens with zero attached hydrogens (tertiary/aromatic N) is 2. The minimum Gasteiger partial charge on any atom is -0.383 e.